The molecule has 0 aromatic heterocycles. The standard InChI is InChI=1S/C10H24O3Si/c1-6-7-8-11-14(12-9(2)3)13-10(4)5/h9-10,14H,6-8H2,1-5H3. The van der Waals surface area contributed by atoms with Crippen molar-refractivity contribution < 1.29 is 13.3 Å². The molecule has 0 atom stereocenters. The SMILES string of the molecule is CCCCO[SiH](OC(C)C)OC(C)C. The van der Waals surface area contributed by atoms with Gasteiger partial charge in [0.25, 0.3) is 0 Å². The Hall–Kier alpha value is 0.0969. The number of unbranched alkanes of at least 4 members (excludes halogenated alkanes) is 1. The molecule has 0 fully saturated rings. The van der Waals surface area contributed by atoms with Gasteiger partial charge in [0.1, 0.15) is 0 Å². The van der Waals surface area contributed by atoms with Crippen molar-refractivity contribution in [1.82, 2.24) is 0 Å². The molecule has 0 bridgehead atoms. The van der Waals surface area contributed by atoms with Crippen molar-refractivity contribution in [2.75, 3.05) is 6.61 Å². The third kappa shape index (κ3) is 8.68. The molecule has 0 N–H and O–H groups in total. The van der Waals surface area contributed by atoms with Gasteiger partial charge in [-0.05, 0) is 34.1 Å². The Morgan fingerprint density at radius 2 is 1.50 bits per heavy atom. The maximum Gasteiger partial charge on any atom is 0.484 e. The van der Waals surface area contributed by atoms with E-state index in [1.807, 2.05) is 27.7 Å². The normalized spacial score (nSPS) is 12.0. The molecule has 4 heteroatoms. The summed E-state index contributed by atoms with van der Waals surface area (Å²) in [5.41, 5.74) is 0. The molecular weight excluding hydrogens is 196 g/mol. The van der Waals surface area contributed by atoms with Gasteiger partial charge < -0.3 is 13.3 Å². The van der Waals surface area contributed by atoms with Gasteiger partial charge in [-0.25, -0.2) is 0 Å². The lowest BCUT2D eigenvalue weighted by Gasteiger charge is -2.20. The molecule has 0 heterocycles. The lowest BCUT2D eigenvalue weighted by Crippen LogP contribution is -2.33. The van der Waals surface area contributed by atoms with Gasteiger partial charge in [0, 0.05) is 18.8 Å². The van der Waals surface area contributed by atoms with E-state index in [1.165, 1.54) is 0 Å². The second-order valence-electron chi connectivity index (χ2n) is 3.88. The van der Waals surface area contributed by atoms with E-state index in [-0.39, 0.29) is 12.2 Å². The van der Waals surface area contributed by atoms with Crippen LogP contribution in [-0.4, -0.2) is 28.3 Å². The van der Waals surface area contributed by atoms with E-state index in [0.29, 0.717) is 0 Å². The monoisotopic (exact) mass is 220 g/mol. The van der Waals surface area contributed by atoms with E-state index in [2.05, 4.69) is 6.92 Å². The van der Waals surface area contributed by atoms with Crippen LogP contribution in [0.1, 0.15) is 47.5 Å². The molecule has 0 rings (SSSR count). The fourth-order valence-electron chi connectivity index (χ4n) is 0.879. The average Bonchev–Trinajstić information content (AvgIpc) is 2.02. The molecule has 86 valence electrons. The van der Waals surface area contributed by atoms with Gasteiger partial charge in [0.05, 0.1) is 0 Å². The highest BCUT2D eigenvalue weighted by Gasteiger charge is 2.18. The van der Waals surface area contributed by atoms with Crippen molar-refractivity contribution in [1.29, 1.82) is 0 Å². The topological polar surface area (TPSA) is 27.7 Å². The van der Waals surface area contributed by atoms with Crippen LogP contribution in [0.5, 0.6) is 0 Å². The summed E-state index contributed by atoms with van der Waals surface area (Å²) >= 11 is 0. The Kier molecular flexibility index (Phi) is 8.47. The van der Waals surface area contributed by atoms with E-state index >= 15 is 0 Å². The molecule has 0 spiro atoms. The molecule has 3 nitrogen and oxygen atoms in total. The van der Waals surface area contributed by atoms with Crippen LogP contribution in [-0.2, 0) is 13.3 Å². The molecule has 0 radical (unpaired) electrons. The summed E-state index contributed by atoms with van der Waals surface area (Å²) in [6, 6.07) is 0. The fraction of sp³-hybridized carbons (Fsp3) is 1.00. The van der Waals surface area contributed by atoms with Crippen molar-refractivity contribution in [3.8, 4) is 0 Å². The predicted octanol–water partition coefficient (Wildman–Crippen LogP) is 2.37. The van der Waals surface area contributed by atoms with Crippen LogP contribution in [0.4, 0.5) is 0 Å². The zero-order valence-corrected chi connectivity index (χ0v) is 11.2. The molecule has 0 amide bonds. The van der Waals surface area contributed by atoms with E-state index in [0.717, 1.165) is 19.4 Å². The molecule has 14 heavy (non-hydrogen) atoms. The zero-order valence-electron chi connectivity index (χ0n) is 10.1. The van der Waals surface area contributed by atoms with Crippen LogP contribution in [0.2, 0.25) is 0 Å². The number of hydrogen-bond donors (Lipinski definition) is 0. The summed E-state index contributed by atoms with van der Waals surface area (Å²) < 4.78 is 16.8. The van der Waals surface area contributed by atoms with Crippen LogP contribution in [0.3, 0.4) is 0 Å². The van der Waals surface area contributed by atoms with Crippen molar-refractivity contribution in [3.05, 3.63) is 0 Å². The van der Waals surface area contributed by atoms with E-state index in [9.17, 15) is 0 Å². The maximum atomic E-state index is 5.60. The molecular formula is C10H24O3Si. The Bertz CT molecular complexity index is 119. The van der Waals surface area contributed by atoms with Crippen LogP contribution < -0.4 is 0 Å². The maximum absolute atomic E-state index is 5.60. The molecule has 0 aromatic rings. The van der Waals surface area contributed by atoms with Gasteiger partial charge in [-0.1, -0.05) is 13.3 Å². The smallest absolute Gasteiger partial charge is 0.376 e. The van der Waals surface area contributed by atoms with Gasteiger partial charge in [0.2, 0.25) is 0 Å². The van der Waals surface area contributed by atoms with Gasteiger partial charge in [-0.2, -0.15) is 0 Å². The predicted molar refractivity (Wildman–Crippen MR) is 60.5 cm³/mol. The second-order valence-corrected chi connectivity index (χ2v) is 5.34. The lowest BCUT2D eigenvalue weighted by atomic mass is 10.4. The highest BCUT2D eigenvalue weighted by molar-refractivity contribution is 6.36. The van der Waals surface area contributed by atoms with E-state index < -0.39 is 9.53 Å². The Morgan fingerprint density at radius 1 is 1.00 bits per heavy atom. The Morgan fingerprint density at radius 3 is 1.86 bits per heavy atom. The van der Waals surface area contributed by atoms with Crippen LogP contribution in [0.25, 0.3) is 0 Å². The molecule has 0 aliphatic heterocycles. The quantitative estimate of drug-likeness (QED) is 0.464. The van der Waals surface area contributed by atoms with Gasteiger partial charge in [-0.3, -0.25) is 0 Å². The minimum absolute atomic E-state index is 0.187. The van der Waals surface area contributed by atoms with E-state index in [1.54, 1.807) is 0 Å². The fourth-order valence-corrected chi connectivity index (χ4v) is 2.35. The molecule has 0 saturated carbocycles. The summed E-state index contributed by atoms with van der Waals surface area (Å²) in [6.45, 7) is 10.9. The van der Waals surface area contributed by atoms with Gasteiger partial charge in [-0.15, -0.1) is 0 Å². The van der Waals surface area contributed by atoms with E-state index in [4.69, 9.17) is 13.3 Å². The summed E-state index contributed by atoms with van der Waals surface area (Å²) in [7, 11) is -1.88. The first kappa shape index (κ1) is 14.1. The molecule has 0 aromatic carbocycles. The number of hydrogen-bond acceptors (Lipinski definition) is 3. The minimum atomic E-state index is -1.88. The minimum Gasteiger partial charge on any atom is -0.376 e. The van der Waals surface area contributed by atoms with Crippen LogP contribution in [0.15, 0.2) is 0 Å². The summed E-state index contributed by atoms with van der Waals surface area (Å²) in [4.78, 5) is 0. The van der Waals surface area contributed by atoms with Crippen molar-refractivity contribution >= 4 is 9.53 Å². The summed E-state index contributed by atoms with van der Waals surface area (Å²) in [6.07, 6.45) is 2.59. The second kappa shape index (κ2) is 8.41. The largest absolute Gasteiger partial charge is 0.484 e. The highest BCUT2D eigenvalue weighted by Crippen LogP contribution is 2.02. The van der Waals surface area contributed by atoms with Gasteiger partial charge >= 0.3 is 9.53 Å². The first-order valence-corrected chi connectivity index (χ1v) is 6.90. The third-order valence-electron chi connectivity index (χ3n) is 1.52. The lowest BCUT2D eigenvalue weighted by molar-refractivity contribution is 0.0497. The van der Waals surface area contributed by atoms with Gasteiger partial charge in [0.15, 0.2) is 0 Å². The Balaban J connectivity index is 3.72. The Labute approximate surface area is 89.7 Å². The zero-order chi connectivity index (χ0) is 11.0. The average molecular weight is 220 g/mol. The van der Waals surface area contributed by atoms with Crippen LogP contribution in [0, 0.1) is 0 Å². The summed E-state index contributed by atoms with van der Waals surface area (Å²) in [5, 5.41) is 0. The first-order chi connectivity index (χ1) is 6.56. The summed E-state index contributed by atoms with van der Waals surface area (Å²) in [5.74, 6) is 0. The molecule has 0 aliphatic carbocycles. The van der Waals surface area contributed by atoms with Crippen molar-refractivity contribution in [2.24, 2.45) is 0 Å². The third-order valence-corrected chi connectivity index (χ3v) is 3.56. The van der Waals surface area contributed by atoms with Crippen molar-refractivity contribution in [3.63, 3.8) is 0 Å². The first-order valence-electron chi connectivity index (χ1n) is 5.48. The highest BCUT2D eigenvalue weighted by atomic mass is 28.3. The molecule has 0 unspecified atom stereocenters. The van der Waals surface area contributed by atoms with Crippen LogP contribution >= 0.6 is 0 Å². The number of rotatable bonds is 8. The molecule has 0 saturated heterocycles. The van der Waals surface area contributed by atoms with Crippen molar-refractivity contribution in [2.45, 2.75) is 59.7 Å². The molecule has 0 aliphatic rings.